The second-order valence-corrected chi connectivity index (χ2v) is 7.18. The lowest BCUT2D eigenvalue weighted by Crippen LogP contribution is -2.09. The van der Waals surface area contributed by atoms with Gasteiger partial charge in [0.25, 0.3) is 0 Å². The smallest absolute Gasteiger partial charge is 0.211 e. The van der Waals surface area contributed by atoms with Gasteiger partial charge in [0.2, 0.25) is 5.78 Å². The molecular weight excluding hydrogens is 353 g/mol. The van der Waals surface area contributed by atoms with Crippen LogP contribution in [-0.2, 0) is 12.8 Å². The van der Waals surface area contributed by atoms with E-state index in [1.807, 2.05) is 36.4 Å². The van der Waals surface area contributed by atoms with Gasteiger partial charge in [-0.1, -0.05) is 41.4 Å². The molecule has 2 aromatic carbocycles. The van der Waals surface area contributed by atoms with Gasteiger partial charge in [-0.25, -0.2) is 0 Å². The van der Waals surface area contributed by atoms with E-state index in [9.17, 15) is 4.79 Å². The topological polar surface area (TPSA) is 30.0 Å². The number of fused-ring (bicyclic) bond motifs is 2. The van der Waals surface area contributed by atoms with Crippen molar-refractivity contribution < 1.29 is 4.79 Å². The highest BCUT2D eigenvalue weighted by Gasteiger charge is 2.28. The van der Waals surface area contributed by atoms with E-state index in [1.165, 1.54) is 0 Å². The number of nitrogens with zero attached hydrogens (tertiary/aromatic N) is 1. The van der Waals surface area contributed by atoms with E-state index in [2.05, 4.69) is 11.1 Å². The van der Waals surface area contributed by atoms with Crippen molar-refractivity contribution in [3.63, 3.8) is 0 Å². The molecule has 1 aromatic heterocycles. The van der Waals surface area contributed by atoms with Crippen LogP contribution in [0.15, 0.2) is 60.8 Å². The molecule has 0 amide bonds. The molecule has 1 heterocycles. The van der Waals surface area contributed by atoms with E-state index in [1.54, 1.807) is 18.3 Å². The van der Waals surface area contributed by atoms with Gasteiger partial charge in [0.1, 0.15) is 5.69 Å². The van der Waals surface area contributed by atoms with Gasteiger partial charge < -0.3 is 0 Å². The number of ketones is 1. The van der Waals surface area contributed by atoms with E-state index in [4.69, 9.17) is 23.2 Å². The average Bonchev–Trinajstić information content (AvgIpc) is 2.71. The molecule has 2 nitrogen and oxygen atoms in total. The number of halogens is 2. The molecular formula is C21H15Cl2NO. The zero-order valence-electron chi connectivity index (χ0n) is 13.4. The Hall–Kier alpha value is -2.16. The largest absolute Gasteiger partial charge is 0.287 e. The summed E-state index contributed by atoms with van der Waals surface area (Å²) in [6.07, 6.45) is 3.21. The molecule has 0 saturated heterocycles. The Balaban J connectivity index is 1.83. The Labute approximate surface area is 156 Å². The molecule has 25 heavy (non-hydrogen) atoms. The normalized spacial score (nSPS) is 16.1. The standard InChI is InChI=1S/C21H15Cl2NO/c22-16-4-1-3-13(10-16)9-14-11-15-12-17(23)6-7-19(15)21(25)20-18(14)5-2-8-24-20/h1-8,10,12,14H,9,11H2. The predicted octanol–water partition coefficient (Wildman–Crippen LogP) is 5.50. The lowest BCUT2D eigenvalue weighted by molar-refractivity contribution is 0.103. The maximum absolute atomic E-state index is 13.0. The number of carbonyl (C=O) groups excluding carboxylic acids is 1. The minimum absolute atomic E-state index is 0.0316. The minimum Gasteiger partial charge on any atom is -0.287 e. The van der Waals surface area contributed by atoms with Crippen molar-refractivity contribution in [1.82, 2.24) is 4.98 Å². The summed E-state index contributed by atoms with van der Waals surface area (Å²) >= 11 is 12.3. The molecule has 0 fully saturated rings. The Morgan fingerprint density at radius 3 is 2.68 bits per heavy atom. The number of hydrogen-bond acceptors (Lipinski definition) is 2. The van der Waals surface area contributed by atoms with Crippen LogP contribution in [0.2, 0.25) is 10.0 Å². The number of aromatic nitrogens is 1. The van der Waals surface area contributed by atoms with Crippen molar-refractivity contribution in [3.05, 3.63) is 98.8 Å². The predicted molar refractivity (Wildman–Crippen MR) is 101 cm³/mol. The number of hydrogen-bond donors (Lipinski definition) is 0. The first-order valence-electron chi connectivity index (χ1n) is 8.14. The molecule has 124 valence electrons. The van der Waals surface area contributed by atoms with Crippen LogP contribution in [0.1, 0.15) is 38.7 Å². The second kappa shape index (κ2) is 6.62. The Bertz CT molecular complexity index is 968. The monoisotopic (exact) mass is 367 g/mol. The van der Waals surface area contributed by atoms with Crippen LogP contribution in [-0.4, -0.2) is 10.8 Å². The highest BCUT2D eigenvalue weighted by atomic mass is 35.5. The zero-order chi connectivity index (χ0) is 17.4. The first-order valence-corrected chi connectivity index (χ1v) is 8.90. The van der Waals surface area contributed by atoms with Gasteiger partial charge in [-0.2, -0.15) is 0 Å². The van der Waals surface area contributed by atoms with E-state index in [0.717, 1.165) is 34.6 Å². The Morgan fingerprint density at radius 2 is 1.84 bits per heavy atom. The van der Waals surface area contributed by atoms with Crippen molar-refractivity contribution in [2.24, 2.45) is 0 Å². The third kappa shape index (κ3) is 3.20. The molecule has 1 aliphatic carbocycles. The van der Waals surface area contributed by atoms with Crippen LogP contribution in [0.5, 0.6) is 0 Å². The van der Waals surface area contributed by atoms with E-state index in [-0.39, 0.29) is 11.7 Å². The van der Waals surface area contributed by atoms with Gasteiger partial charge in [-0.15, -0.1) is 0 Å². The van der Waals surface area contributed by atoms with E-state index < -0.39 is 0 Å². The fourth-order valence-corrected chi connectivity index (χ4v) is 3.93. The van der Waals surface area contributed by atoms with Gasteiger partial charge in [0, 0.05) is 21.8 Å². The van der Waals surface area contributed by atoms with Gasteiger partial charge in [0.05, 0.1) is 0 Å². The molecule has 4 rings (SSSR count). The summed E-state index contributed by atoms with van der Waals surface area (Å²) < 4.78 is 0. The molecule has 0 aliphatic heterocycles. The number of carbonyl (C=O) groups is 1. The van der Waals surface area contributed by atoms with Crippen molar-refractivity contribution in [3.8, 4) is 0 Å². The van der Waals surface area contributed by atoms with E-state index >= 15 is 0 Å². The Morgan fingerprint density at radius 1 is 1.00 bits per heavy atom. The maximum atomic E-state index is 13.0. The quantitative estimate of drug-likeness (QED) is 0.598. The van der Waals surface area contributed by atoms with Crippen LogP contribution in [0.3, 0.4) is 0 Å². The molecule has 4 heteroatoms. The van der Waals surface area contributed by atoms with Crippen LogP contribution in [0.4, 0.5) is 0 Å². The molecule has 0 bridgehead atoms. The van der Waals surface area contributed by atoms with Crippen LogP contribution < -0.4 is 0 Å². The van der Waals surface area contributed by atoms with Gasteiger partial charge in [-0.3, -0.25) is 9.78 Å². The average molecular weight is 368 g/mol. The second-order valence-electron chi connectivity index (χ2n) is 6.31. The molecule has 0 radical (unpaired) electrons. The number of rotatable bonds is 2. The number of benzene rings is 2. The summed E-state index contributed by atoms with van der Waals surface area (Å²) in [5, 5.41) is 1.36. The fraction of sp³-hybridized carbons (Fsp3) is 0.143. The van der Waals surface area contributed by atoms with Crippen molar-refractivity contribution >= 4 is 29.0 Å². The SMILES string of the molecule is O=C1c2ccc(Cl)cc2CC(Cc2cccc(Cl)c2)c2cccnc21. The summed E-state index contributed by atoms with van der Waals surface area (Å²) in [5.41, 5.74) is 4.33. The number of pyridine rings is 1. The first-order chi connectivity index (χ1) is 12.1. The molecule has 1 aliphatic rings. The zero-order valence-corrected chi connectivity index (χ0v) is 14.9. The maximum Gasteiger partial charge on any atom is 0.211 e. The lowest BCUT2D eigenvalue weighted by atomic mass is 9.87. The highest BCUT2D eigenvalue weighted by molar-refractivity contribution is 6.31. The van der Waals surface area contributed by atoms with Crippen molar-refractivity contribution in [2.45, 2.75) is 18.8 Å². The van der Waals surface area contributed by atoms with Gasteiger partial charge >= 0.3 is 0 Å². The van der Waals surface area contributed by atoms with Crippen LogP contribution in [0.25, 0.3) is 0 Å². The summed E-state index contributed by atoms with van der Waals surface area (Å²) in [6.45, 7) is 0. The first kappa shape index (κ1) is 16.3. The molecule has 1 unspecified atom stereocenters. The summed E-state index contributed by atoms with van der Waals surface area (Å²) in [6, 6.07) is 17.2. The van der Waals surface area contributed by atoms with Gasteiger partial charge in [-0.05, 0) is 71.8 Å². The summed E-state index contributed by atoms with van der Waals surface area (Å²) in [7, 11) is 0. The molecule has 0 N–H and O–H groups in total. The third-order valence-corrected chi connectivity index (χ3v) is 5.11. The van der Waals surface area contributed by atoms with Crippen molar-refractivity contribution in [1.29, 1.82) is 0 Å². The minimum atomic E-state index is -0.0316. The van der Waals surface area contributed by atoms with Crippen LogP contribution in [0, 0.1) is 0 Å². The third-order valence-electron chi connectivity index (χ3n) is 4.64. The molecule has 1 atom stereocenters. The molecule has 0 saturated carbocycles. The van der Waals surface area contributed by atoms with Gasteiger partial charge in [0.15, 0.2) is 0 Å². The molecule has 0 spiro atoms. The highest BCUT2D eigenvalue weighted by Crippen LogP contribution is 2.34. The summed E-state index contributed by atoms with van der Waals surface area (Å²) in [5.74, 6) is 0.113. The van der Waals surface area contributed by atoms with Crippen molar-refractivity contribution in [2.75, 3.05) is 0 Å². The lowest BCUT2D eigenvalue weighted by Gasteiger charge is -2.17. The van der Waals surface area contributed by atoms with E-state index in [0.29, 0.717) is 16.3 Å². The fourth-order valence-electron chi connectivity index (χ4n) is 3.52. The van der Waals surface area contributed by atoms with Crippen LogP contribution >= 0.6 is 23.2 Å². The molecule has 3 aromatic rings. The Kier molecular flexibility index (Phi) is 4.32. The summed E-state index contributed by atoms with van der Waals surface area (Å²) in [4.78, 5) is 17.3.